The molecule has 0 saturated carbocycles. The van der Waals surface area contributed by atoms with Gasteiger partial charge in [0.15, 0.2) is 5.79 Å². The van der Waals surface area contributed by atoms with E-state index >= 15 is 0 Å². The fourth-order valence-electron chi connectivity index (χ4n) is 2.21. The number of rotatable bonds is 7. The van der Waals surface area contributed by atoms with E-state index in [1.165, 1.54) is 5.56 Å². The predicted molar refractivity (Wildman–Crippen MR) is 78.8 cm³/mol. The van der Waals surface area contributed by atoms with Gasteiger partial charge in [-0.15, -0.1) is 0 Å². The largest absolute Gasteiger partial charge is 0.494 e. The molecule has 1 fully saturated rings. The van der Waals surface area contributed by atoms with Crippen LogP contribution in [-0.2, 0) is 16.0 Å². The van der Waals surface area contributed by atoms with E-state index in [9.17, 15) is 0 Å². The van der Waals surface area contributed by atoms with Gasteiger partial charge in [-0.25, -0.2) is 0 Å². The molecule has 4 nitrogen and oxygen atoms in total. The average Bonchev–Trinajstić information content (AvgIpc) is 2.76. The topological polar surface area (TPSA) is 39.7 Å². The summed E-state index contributed by atoms with van der Waals surface area (Å²) in [5.74, 6) is 0.494. The first-order valence-electron chi connectivity index (χ1n) is 7.33. The second-order valence-electron chi connectivity index (χ2n) is 5.58. The SMILES string of the molecule is CCCOc1cccc(CNCC2COC(C)(C)O2)c1. The van der Waals surface area contributed by atoms with Gasteiger partial charge < -0.3 is 19.5 Å². The van der Waals surface area contributed by atoms with E-state index in [-0.39, 0.29) is 6.10 Å². The van der Waals surface area contributed by atoms with E-state index in [2.05, 4.69) is 24.4 Å². The van der Waals surface area contributed by atoms with E-state index in [1.807, 2.05) is 26.0 Å². The van der Waals surface area contributed by atoms with Crippen LogP contribution in [0, 0.1) is 0 Å². The van der Waals surface area contributed by atoms with Crippen molar-refractivity contribution in [3.8, 4) is 5.75 Å². The van der Waals surface area contributed by atoms with Gasteiger partial charge in [-0.2, -0.15) is 0 Å². The molecule has 0 aliphatic carbocycles. The minimum atomic E-state index is -0.444. The lowest BCUT2D eigenvalue weighted by Gasteiger charge is -2.17. The molecular formula is C16H25NO3. The van der Waals surface area contributed by atoms with Crippen LogP contribution in [0.5, 0.6) is 5.75 Å². The first kappa shape index (κ1) is 15.3. The van der Waals surface area contributed by atoms with E-state index in [0.717, 1.165) is 31.9 Å². The zero-order valence-corrected chi connectivity index (χ0v) is 12.6. The zero-order valence-electron chi connectivity index (χ0n) is 12.6. The van der Waals surface area contributed by atoms with Gasteiger partial charge in [-0.05, 0) is 38.0 Å². The molecule has 1 aromatic carbocycles. The van der Waals surface area contributed by atoms with Gasteiger partial charge in [0.2, 0.25) is 0 Å². The monoisotopic (exact) mass is 279 g/mol. The Morgan fingerprint density at radius 1 is 1.40 bits per heavy atom. The summed E-state index contributed by atoms with van der Waals surface area (Å²) in [5.41, 5.74) is 1.22. The van der Waals surface area contributed by atoms with Crippen molar-refractivity contribution >= 4 is 0 Å². The fraction of sp³-hybridized carbons (Fsp3) is 0.625. The van der Waals surface area contributed by atoms with Gasteiger partial charge in [0.1, 0.15) is 5.75 Å². The lowest BCUT2D eigenvalue weighted by Crippen LogP contribution is -2.30. The molecule has 1 heterocycles. The lowest BCUT2D eigenvalue weighted by atomic mass is 10.2. The zero-order chi connectivity index (χ0) is 14.4. The van der Waals surface area contributed by atoms with Crippen LogP contribution in [0.25, 0.3) is 0 Å². The second kappa shape index (κ2) is 7.07. The maximum absolute atomic E-state index is 5.75. The Kier molecular flexibility index (Phi) is 5.40. The molecule has 0 aromatic heterocycles. The van der Waals surface area contributed by atoms with Crippen molar-refractivity contribution in [2.45, 2.75) is 45.6 Å². The highest BCUT2D eigenvalue weighted by Crippen LogP contribution is 2.21. The van der Waals surface area contributed by atoms with Crippen LogP contribution in [0.2, 0.25) is 0 Å². The molecule has 0 radical (unpaired) electrons. The van der Waals surface area contributed by atoms with Crippen LogP contribution >= 0.6 is 0 Å². The molecule has 2 rings (SSSR count). The highest BCUT2D eigenvalue weighted by atomic mass is 16.7. The summed E-state index contributed by atoms with van der Waals surface area (Å²) < 4.78 is 16.9. The Labute approximate surface area is 121 Å². The highest BCUT2D eigenvalue weighted by Gasteiger charge is 2.32. The van der Waals surface area contributed by atoms with Crippen molar-refractivity contribution in [1.29, 1.82) is 0 Å². The summed E-state index contributed by atoms with van der Waals surface area (Å²) in [6.45, 7) is 9.02. The van der Waals surface area contributed by atoms with E-state index < -0.39 is 5.79 Å². The summed E-state index contributed by atoms with van der Waals surface area (Å²) in [5, 5.41) is 3.40. The van der Waals surface area contributed by atoms with Crippen molar-refractivity contribution in [3.05, 3.63) is 29.8 Å². The van der Waals surface area contributed by atoms with Crippen molar-refractivity contribution in [2.75, 3.05) is 19.8 Å². The highest BCUT2D eigenvalue weighted by molar-refractivity contribution is 5.28. The van der Waals surface area contributed by atoms with Crippen molar-refractivity contribution < 1.29 is 14.2 Å². The molecule has 1 aliphatic heterocycles. The molecule has 0 amide bonds. The molecule has 1 aliphatic rings. The van der Waals surface area contributed by atoms with Crippen molar-refractivity contribution in [2.24, 2.45) is 0 Å². The number of benzene rings is 1. The third kappa shape index (κ3) is 4.78. The third-order valence-corrected chi connectivity index (χ3v) is 3.14. The minimum Gasteiger partial charge on any atom is -0.494 e. The van der Waals surface area contributed by atoms with Gasteiger partial charge in [-0.3, -0.25) is 0 Å². The standard InChI is InChI=1S/C16H25NO3/c1-4-8-18-14-7-5-6-13(9-14)10-17-11-15-12-19-16(2,3)20-15/h5-7,9,15,17H,4,8,10-12H2,1-3H3. The van der Waals surface area contributed by atoms with Gasteiger partial charge in [0, 0.05) is 13.1 Å². The van der Waals surface area contributed by atoms with Gasteiger partial charge >= 0.3 is 0 Å². The molecule has 1 aromatic rings. The number of hydrogen-bond acceptors (Lipinski definition) is 4. The minimum absolute atomic E-state index is 0.129. The van der Waals surface area contributed by atoms with E-state index in [4.69, 9.17) is 14.2 Å². The second-order valence-corrected chi connectivity index (χ2v) is 5.58. The quantitative estimate of drug-likeness (QED) is 0.833. The maximum atomic E-state index is 5.75. The van der Waals surface area contributed by atoms with Crippen LogP contribution in [-0.4, -0.2) is 31.6 Å². The third-order valence-electron chi connectivity index (χ3n) is 3.14. The molecule has 112 valence electrons. The van der Waals surface area contributed by atoms with Crippen LogP contribution < -0.4 is 10.1 Å². The Morgan fingerprint density at radius 3 is 2.95 bits per heavy atom. The normalized spacial score (nSPS) is 21.1. The van der Waals surface area contributed by atoms with Crippen molar-refractivity contribution in [3.63, 3.8) is 0 Å². The molecule has 1 atom stereocenters. The van der Waals surface area contributed by atoms with Crippen LogP contribution in [0.1, 0.15) is 32.8 Å². The predicted octanol–water partition coefficient (Wildman–Crippen LogP) is 2.72. The molecule has 1 saturated heterocycles. The smallest absolute Gasteiger partial charge is 0.163 e. The molecule has 4 heteroatoms. The van der Waals surface area contributed by atoms with E-state index in [1.54, 1.807) is 0 Å². The van der Waals surface area contributed by atoms with E-state index in [0.29, 0.717) is 6.61 Å². The molecule has 0 spiro atoms. The number of hydrogen-bond donors (Lipinski definition) is 1. The lowest BCUT2D eigenvalue weighted by molar-refractivity contribution is -0.137. The molecule has 1 N–H and O–H groups in total. The van der Waals surface area contributed by atoms with Gasteiger partial charge in [0.25, 0.3) is 0 Å². The average molecular weight is 279 g/mol. The van der Waals surface area contributed by atoms with Crippen molar-refractivity contribution in [1.82, 2.24) is 5.32 Å². The molecule has 20 heavy (non-hydrogen) atoms. The molecule has 0 bridgehead atoms. The fourth-order valence-corrected chi connectivity index (χ4v) is 2.21. The van der Waals surface area contributed by atoms with Gasteiger partial charge in [0.05, 0.1) is 19.3 Å². The summed E-state index contributed by atoms with van der Waals surface area (Å²) in [6.07, 6.45) is 1.15. The van der Waals surface area contributed by atoms with Crippen LogP contribution in [0.4, 0.5) is 0 Å². The Morgan fingerprint density at radius 2 is 2.25 bits per heavy atom. The van der Waals surface area contributed by atoms with Crippen LogP contribution in [0.15, 0.2) is 24.3 Å². The summed E-state index contributed by atoms with van der Waals surface area (Å²) in [4.78, 5) is 0. The summed E-state index contributed by atoms with van der Waals surface area (Å²) in [6, 6.07) is 8.20. The number of ether oxygens (including phenoxy) is 3. The first-order valence-corrected chi connectivity index (χ1v) is 7.33. The number of nitrogens with one attached hydrogen (secondary N) is 1. The van der Waals surface area contributed by atoms with Gasteiger partial charge in [-0.1, -0.05) is 19.1 Å². The summed E-state index contributed by atoms with van der Waals surface area (Å²) >= 11 is 0. The Hall–Kier alpha value is -1.10. The van der Waals surface area contributed by atoms with Crippen LogP contribution in [0.3, 0.4) is 0 Å². The Bertz CT molecular complexity index is 420. The maximum Gasteiger partial charge on any atom is 0.163 e. The molecular weight excluding hydrogens is 254 g/mol. The first-order chi connectivity index (χ1) is 9.59. The molecule has 1 unspecified atom stereocenters. The Balaban J connectivity index is 1.74. The summed E-state index contributed by atoms with van der Waals surface area (Å²) in [7, 11) is 0.